The minimum Gasteiger partial charge on any atom is -0.389 e. The maximum Gasteiger partial charge on any atom is 0.314 e. The van der Waals surface area contributed by atoms with Gasteiger partial charge in [0.25, 0.3) is 0 Å². The summed E-state index contributed by atoms with van der Waals surface area (Å²) in [4.78, 5) is 64.6. The van der Waals surface area contributed by atoms with Crippen LogP contribution in [0.3, 0.4) is 0 Å². The van der Waals surface area contributed by atoms with E-state index in [2.05, 4.69) is 16.0 Å². The first-order chi connectivity index (χ1) is 16.8. The molecule has 4 rings (SSSR count). The molecule has 0 aromatic heterocycles. The number of fused-ring (bicyclic) bond motifs is 1. The van der Waals surface area contributed by atoms with Gasteiger partial charge in [0.1, 0.15) is 18.5 Å². The first kappa shape index (κ1) is 24.8. The summed E-state index contributed by atoms with van der Waals surface area (Å²) < 4.78 is 13.9. The number of aliphatic hydroxyl groups is 1. The van der Waals surface area contributed by atoms with Gasteiger partial charge in [-0.15, -0.1) is 0 Å². The molecule has 3 aliphatic rings. The molecule has 35 heavy (non-hydrogen) atoms. The molecule has 0 unspecified atom stereocenters. The number of para-hydroxylation sites is 1. The van der Waals surface area contributed by atoms with Gasteiger partial charge >= 0.3 is 11.8 Å². The second-order valence-electron chi connectivity index (χ2n) is 9.39. The molecule has 2 aliphatic heterocycles. The molecule has 4 N–H and O–H groups in total. The van der Waals surface area contributed by atoms with Crippen LogP contribution < -0.4 is 16.0 Å². The van der Waals surface area contributed by atoms with Crippen molar-refractivity contribution in [1.29, 1.82) is 0 Å². The molecule has 0 radical (unpaired) electrons. The lowest BCUT2D eigenvalue weighted by Crippen LogP contribution is -2.55. The van der Waals surface area contributed by atoms with Gasteiger partial charge in [0.2, 0.25) is 11.8 Å². The predicted molar refractivity (Wildman–Crippen MR) is 121 cm³/mol. The van der Waals surface area contributed by atoms with E-state index in [1.54, 1.807) is 0 Å². The zero-order valence-corrected chi connectivity index (χ0v) is 19.2. The smallest absolute Gasteiger partial charge is 0.314 e. The highest BCUT2D eigenvalue weighted by molar-refractivity contribution is 6.40. The molecule has 1 aromatic carbocycles. The number of carbonyl (C=O) groups excluding carboxylic acids is 5. The van der Waals surface area contributed by atoms with Crippen LogP contribution in [-0.2, 0) is 24.0 Å². The highest BCUT2D eigenvalue weighted by Crippen LogP contribution is 2.42. The monoisotopic (exact) mass is 488 g/mol. The Bertz CT molecular complexity index is 1030. The molecular weight excluding hydrogens is 459 g/mol. The molecule has 5 atom stereocenters. The van der Waals surface area contributed by atoms with Gasteiger partial charge in [0.05, 0.1) is 11.7 Å². The first-order valence-corrected chi connectivity index (χ1v) is 11.9. The van der Waals surface area contributed by atoms with Crippen LogP contribution in [0.5, 0.6) is 0 Å². The Labute approximate surface area is 201 Å². The number of hydrogen-bond acceptors (Lipinski definition) is 6. The topological polar surface area (TPSA) is 145 Å². The minimum absolute atomic E-state index is 0.0311. The SMILES string of the molecule is O=C(Nc1ccccc1F)C(=O)N1C[C@@H]2CCC[C@@H]2[C@H]1C(=O)N[C@@H](C[C@@H]1CCNC1=O)C(=O)CO. The van der Waals surface area contributed by atoms with Crippen LogP contribution in [0, 0.1) is 23.6 Å². The number of hydrogen-bond donors (Lipinski definition) is 4. The van der Waals surface area contributed by atoms with Crippen LogP contribution in [-0.4, -0.2) is 71.2 Å². The predicted octanol–water partition coefficient (Wildman–Crippen LogP) is -0.0363. The van der Waals surface area contributed by atoms with Crippen LogP contribution >= 0.6 is 0 Å². The fraction of sp³-hybridized carbons (Fsp3) is 0.542. The second kappa shape index (κ2) is 10.5. The maximum atomic E-state index is 13.9. The summed E-state index contributed by atoms with van der Waals surface area (Å²) in [6.07, 6.45) is 2.92. The van der Waals surface area contributed by atoms with Crippen LogP contribution in [0.25, 0.3) is 0 Å². The van der Waals surface area contributed by atoms with E-state index >= 15 is 0 Å². The van der Waals surface area contributed by atoms with E-state index in [0.717, 1.165) is 18.9 Å². The molecule has 3 fully saturated rings. The van der Waals surface area contributed by atoms with Gasteiger partial charge in [-0.05, 0) is 49.7 Å². The molecule has 4 amide bonds. The zero-order valence-electron chi connectivity index (χ0n) is 19.2. The third-order valence-electron chi connectivity index (χ3n) is 7.28. The van der Waals surface area contributed by atoms with E-state index in [1.165, 1.54) is 23.1 Å². The molecule has 1 aromatic rings. The van der Waals surface area contributed by atoms with Crippen molar-refractivity contribution in [3.8, 4) is 0 Å². The van der Waals surface area contributed by atoms with Crippen molar-refractivity contribution in [1.82, 2.24) is 15.5 Å². The summed E-state index contributed by atoms with van der Waals surface area (Å²) >= 11 is 0. The first-order valence-electron chi connectivity index (χ1n) is 11.9. The van der Waals surface area contributed by atoms with Gasteiger partial charge < -0.3 is 26.0 Å². The molecule has 11 heteroatoms. The molecule has 10 nitrogen and oxygen atoms in total. The van der Waals surface area contributed by atoms with E-state index in [4.69, 9.17) is 0 Å². The van der Waals surface area contributed by atoms with Crippen molar-refractivity contribution in [2.45, 2.75) is 44.2 Å². The van der Waals surface area contributed by atoms with Gasteiger partial charge in [0.15, 0.2) is 5.78 Å². The highest BCUT2D eigenvalue weighted by Gasteiger charge is 2.51. The lowest BCUT2D eigenvalue weighted by atomic mass is 9.92. The van der Waals surface area contributed by atoms with E-state index < -0.39 is 53.9 Å². The number of halogens is 1. The Morgan fingerprint density at radius 1 is 1.17 bits per heavy atom. The maximum absolute atomic E-state index is 13.9. The summed E-state index contributed by atoms with van der Waals surface area (Å²) in [6.45, 7) is -0.122. The molecule has 1 aliphatic carbocycles. The number of nitrogens with one attached hydrogen (secondary N) is 3. The van der Waals surface area contributed by atoms with Gasteiger partial charge in [-0.1, -0.05) is 18.6 Å². The normalized spacial score (nSPS) is 26.1. The Hall–Kier alpha value is -3.34. The lowest BCUT2D eigenvalue weighted by Gasteiger charge is -2.29. The number of anilines is 1. The van der Waals surface area contributed by atoms with Gasteiger partial charge in [0, 0.05) is 19.0 Å². The lowest BCUT2D eigenvalue weighted by molar-refractivity contribution is -0.147. The second-order valence-corrected chi connectivity index (χ2v) is 9.39. The quantitative estimate of drug-likeness (QED) is 0.397. The molecule has 0 spiro atoms. The van der Waals surface area contributed by atoms with E-state index in [9.17, 15) is 33.5 Å². The van der Waals surface area contributed by atoms with E-state index in [0.29, 0.717) is 19.4 Å². The summed E-state index contributed by atoms with van der Waals surface area (Å²) in [5.74, 6) is -4.77. The summed E-state index contributed by atoms with van der Waals surface area (Å²) in [5.41, 5.74) is -0.144. The average Bonchev–Trinajstić information content (AvgIpc) is 3.55. The fourth-order valence-electron chi connectivity index (χ4n) is 5.51. The van der Waals surface area contributed by atoms with Crippen molar-refractivity contribution in [3.05, 3.63) is 30.1 Å². The van der Waals surface area contributed by atoms with Crippen molar-refractivity contribution < 1.29 is 33.5 Å². The largest absolute Gasteiger partial charge is 0.389 e. The van der Waals surface area contributed by atoms with Crippen molar-refractivity contribution >= 4 is 35.1 Å². The summed E-state index contributed by atoms with van der Waals surface area (Å²) in [5, 5.41) is 17.0. The minimum atomic E-state index is -1.09. The van der Waals surface area contributed by atoms with Crippen molar-refractivity contribution in [2.24, 2.45) is 17.8 Å². The van der Waals surface area contributed by atoms with Crippen molar-refractivity contribution in [3.63, 3.8) is 0 Å². The number of amides is 4. The number of nitrogens with zero attached hydrogens (tertiary/aromatic N) is 1. The number of carbonyl (C=O) groups is 5. The van der Waals surface area contributed by atoms with Crippen molar-refractivity contribution in [2.75, 3.05) is 25.0 Å². The number of ketones is 1. The molecule has 1 saturated carbocycles. The summed E-state index contributed by atoms with van der Waals surface area (Å²) in [7, 11) is 0. The fourth-order valence-corrected chi connectivity index (χ4v) is 5.51. The third kappa shape index (κ3) is 5.19. The average molecular weight is 489 g/mol. The Kier molecular flexibility index (Phi) is 7.44. The molecular formula is C24H29FN4O6. The highest BCUT2D eigenvalue weighted by atomic mass is 19.1. The van der Waals surface area contributed by atoms with Crippen LogP contribution in [0.4, 0.5) is 10.1 Å². The molecule has 2 heterocycles. The van der Waals surface area contributed by atoms with Gasteiger partial charge in [-0.2, -0.15) is 0 Å². The van der Waals surface area contributed by atoms with Crippen LogP contribution in [0.15, 0.2) is 24.3 Å². The molecule has 188 valence electrons. The van der Waals surface area contributed by atoms with Gasteiger partial charge in [-0.25, -0.2) is 4.39 Å². The van der Waals surface area contributed by atoms with E-state index in [1.807, 2.05) is 0 Å². The van der Waals surface area contributed by atoms with Crippen LogP contribution in [0.2, 0.25) is 0 Å². The number of rotatable bonds is 7. The Morgan fingerprint density at radius 3 is 2.63 bits per heavy atom. The number of Topliss-reactive ketones (excluding diaryl/α,β-unsaturated/α-hetero) is 1. The Balaban J connectivity index is 1.50. The number of likely N-dealkylation sites (tertiary alicyclic amines) is 1. The van der Waals surface area contributed by atoms with Crippen LogP contribution in [0.1, 0.15) is 32.1 Å². The number of aliphatic hydroxyl groups excluding tert-OH is 1. The van der Waals surface area contributed by atoms with E-state index in [-0.39, 0.29) is 36.4 Å². The number of benzene rings is 1. The molecule has 2 saturated heterocycles. The summed E-state index contributed by atoms with van der Waals surface area (Å²) in [6, 6.07) is 3.38. The molecule has 0 bridgehead atoms. The Morgan fingerprint density at radius 2 is 1.94 bits per heavy atom. The standard InChI is InChI=1S/C24H29FN4O6/c25-16-6-1-2-7-17(16)27-23(34)24(35)29-11-14-4-3-5-15(14)20(29)22(33)28-18(19(31)12-30)10-13-8-9-26-21(13)32/h1-2,6-7,13-15,18,20,30H,3-5,8-12H2,(H,26,32)(H,27,34)(H,28,33)/t13-,14-,15-,18-,20-/m0/s1. The third-order valence-corrected chi connectivity index (χ3v) is 7.28. The van der Waals surface area contributed by atoms with Gasteiger partial charge in [-0.3, -0.25) is 24.0 Å². The zero-order chi connectivity index (χ0) is 25.1.